The summed E-state index contributed by atoms with van der Waals surface area (Å²) in [5.41, 5.74) is 0. The number of carbonyl (C=O) groups is 4. The van der Waals surface area contributed by atoms with E-state index in [1.165, 1.54) is 205 Å². The van der Waals surface area contributed by atoms with Gasteiger partial charge in [-0.25, -0.2) is 9.13 Å². The Morgan fingerprint density at radius 1 is 0.261 bits per heavy atom. The van der Waals surface area contributed by atoms with Crippen molar-refractivity contribution in [3.63, 3.8) is 0 Å². The molecule has 92 heavy (non-hydrogen) atoms. The van der Waals surface area contributed by atoms with Crippen molar-refractivity contribution in [2.75, 3.05) is 39.6 Å². The maximum absolute atomic E-state index is 13.1. The highest BCUT2D eigenvalue weighted by Crippen LogP contribution is 2.45. The molecule has 19 heteroatoms. The number of phosphoric acid groups is 2. The highest BCUT2D eigenvalue weighted by Gasteiger charge is 2.30. The fraction of sp³-hybridized carbons (Fsp3) is 0.945. The first-order valence-electron chi connectivity index (χ1n) is 38.3. The minimum absolute atomic E-state index is 0.106. The molecule has 0 spiro atoms. The Labute approximate surface area is 562 Å². The molecule has 0 saturated heterocycles. The molecule has 5 atom stereocenters. The summed E-state index contributed by atoms with van der Waals surface area (Å²) in [6.07, 6.45) is 57.1. The molecule has 0 aliphatic rings. The number of hydrogen-bond acceptors (Lipinski definition) is 15. The summed E-state index contributed by atoms with van der Waals surface area (Å²) in [5.74, 6) is -2.12. The van der Waals surface area contributed by atoms with Gasteiger partial charge in [0.15, 0.2) is 12.2 Å². The van der Waals surface area contributed by atoms with Gasteiger partial charge in [-0.3, -0.25) is 37.3 Å². The number of carbonyl (C=O) groups excluding carboxylic acids is 4. The number of aliphatic hydroxyl groups is 1. The molecule has 0 bridgehead atoms. The van der Waals surface area contributed by atoms with Crippen molar-refractivity contribution in [2.24, 2.45) is 0 Å². The molecule has 3 N–H and O–H groups in total. The van der Waals surface area contributed by atoms with Crippen LogP contribution in [0.1, 0.15) is 387 Å². The molecule has 0 aliphatic heterocycles. The van der Waals surface area contributed by atoms with E-state index in [1.54, 1.807) is 0 Å². The van der Waals surface area contributed by atoms with Gasteiger partial charge in [0.1, 0.15) is 19.3 Å². The minimum atomic E-state index is -4.95. The summed E-state index contributed by atoms with van der Waals surface area (Å²) in [6, 6.07) is 0. The van der Waals surface area contributed by atoms with Crippen LogP contribution in [0.3, 0.4) is 0 Å². The lowest BCUT2D eigenvalue weighted by Crippen LogP contribution is -2.30. The van der Waals surface area contributed by atoms with Crippen molar-refractivity contribution in [2.45, 2.75) is 406 Å². The van der Waals surface area contributed by atoms with Crippen molar-refractivity contribution < 1.29 is 80.2 Å². The fourth-order valence-corrected chi connectivity index (χ4v) is 12.8. The summed E-state index contributed by atoms with van der Waals surface area (Å²) in [5, 5.41) is 10.6. The molecule has 546 valence electrons. The fourth-order valence-electron chi connectivity index (χ4n) is 11.2. The first-order chi connectivity index (χ1) is 44.7. The van der Waals surface area contributed by atoms with Gasteiger partial charge in [0.05, 0.1) is 26.4 Å². The van der Waals surface area contributed by atoms with E-state index < -0.39 is 97.5 Å². The number of phosphoric ester groups is 2. The zero-order valence-electron chi connectivity index (χ0n) is 59.5. The maximum atomic E-state index is 13.1. The number of hydrogen-bond donors (Lipinski definition) is 3. The maximum Gasteiger partial charge on any atom is 0.472 e. The molecule has 0 aromatic rings. The second-order valence-electron chi connectivity index (χ2n) is 26.3. The Balaban J connectivity index is 5.15. The molecule has 0 saturated carbocycles. The van der Waals surface area contributed by atoms with Crippen molar-refractivity contribution in [1.82, 2.24) is 0 Å². The zero-order chi connectivity index (χ0) is 67.5. The summed E-state index contributed by atoms with van der Waals surface area (Å²) < 4.78 is 68.2. The summed E-state index contributed by atoms with van der Waals surface area (Å²) >= 11 is 0. The third-order valence-corrected chi connectivity index (χ3v) is 19.0. The van der Waals surface area contributed by atoms with Crippen LogP contribution in [-0.2, 0) is 65.4 Å². The molecule has 0 fully saturated rings. The molecular formula is C73H142O17P2. The van der Waals surface area contributed by atoms with Gasteiger partial charge in [-0.1, -0.05) is 336 Å². The predicted molar refractivity (Wildman–Crippen MR) is 372 cm³/mol. The normalized spacial score (nSPS) is 13.9. The first-order valence-corrected chi connectivity index (χ1v) is 41.3. The topological polar surface area (TPSA) is 237 Å². The van der Waals surface area contributed by atoms with Crippen molar-refractivity contribution in [1.29, 1.82) is 0 Å². The van der Waals surface area contributed by atoms with Crippen molar-refractivity contribution >= 4 is 39.5 Å². The molecule has 17 nitrogen and oxygen atoms in total. The van der Waals surface area contributed by atoms with Crippen LogP contribution in [0.5, 0.6) is 0 Å². The van der Waals surface area contributed by atoms with Crippen LogP contribution >= 0.6 is 15.6 Å². The molecule has 0 heterocycles. The molecule has 0 aliphatic carbocycles. The van der Waals surface area contributed by atoms with Gasteiger partial charge in [0, 0.05) is 25.7 Å². The Hall–Kier alpha value is -1.94. The average Bonchev–Trinajstić information content (AvgIpc) is 2.38. The Bertz CT molecular complexity index is 1760. The van der Waals surface area contributed by atoms with Gasteiger partial charge in [-0.15, -0.1) is 0 Å². The lowest BCUT2D eigenvalue weighted by atomic mass is 10.0. The third-order valence-electron chi connectivity index (χ3n) is 17.1. The van der Waals surface area contributed by atoms with Crippen LogP contribution in [0, 0.1) is 0 Å². The SMILES string of the molecule is CCCCCCCCCCCCCCCCCCCCC(=O)OC[C@H](COP(=O)(O)OC[C@@H](O)COP(=O)(O)OC[C@@H](COC(=O)CCCCCCCCC)OC(=O)CCCCCCCCCCC)OC(=O)CCCCCCCCCCCCCCCCCCCC. The van der Waals surface area contributed by atoms with E-state index in [4.69, 9.17) is 37.0 Å². The van der Waals surface area contributed by atoms with E-state index in [9.17, 15) is 43.2 Å². The Kier molecular flexibility index (Phi) is 66.2. The zero-order valence-corrected chi connectivity index (χ0v) is 61.3. The van der Waals surface area contributed by atoms with E-state index >= 15 is 0 Å². The van der Waals surface area contributed by atoms with Crippen LogP contribution in [0.15, 0.2) is 0 Å². The number of aliphatic hydroxyl groups excluding tert-OH is 1. The Morgan fingerprint density at radius 3 is 0.641 bits per heavy atom. The monoisotopic (exact) mass is 1350 g/mol. The van der Waals surface area contributed by atoms with Gasteiger partial charge in [0.2, 0.25) is 0 Å². The lowest BCUT2D eigenvalue weighted by Gasteiger charge is -2.21. The lowest BCUT2D eigenvalue weighted by molar-refractivity contribution is -0.161. The first kappa shape index (κ1) is 90.1. The third kappa shape index (κ3) is 66.7. The molecule has 0 rings (SSSR count). The van der Waals surface area contributed by atoms with Crippen LogP contribution in [0.2, 0.25) is 0 Å². The Morgan fingerprint density at radius 2 is 0.435 bits per heavy atom. The molecular weight excluding hydrogens is 1210 g/mol. The van der Waals surface area contributed by atoms with E-state index in [1.807, 2.05) is 0 Å². The van der Waals surface area contributed by atoms with Crippen molar-refractivity contribution in [3.8, 4) is 0 Å². The summed E-state index contributed by atoms with van der Waals surface area (Å²) in [7, 11) is -9.89. The minimum Gasteiger partial charge on any atom is -0.462 e. The number of rotatable bonds is 74. The molecule has 0 aromatic carbocycles. The van der Waals surface area contributed by atoms with Crippen molar-refractivity contribution in [3.05, 3.63) is 0 Å². The summed E-state index contributed by atoms with van der Waals surface area (Å²) in [4.78, 5) is 72.5. The van der Waals surface area contributed by atoms with Gasteiger partial charge in [0.25, 0.3) is 0 Å². The molecule has 0 radical (unpaired) electrons. The van der Waals surface area contributed by atoms with Crippen LogP contribution in [-0.4, -0.2) is 96.7 Å². The van der Waals surface area contributed by atoms with Gasteiger partial charge in [-0.05, 0) is 25.7 Å². The largest absolute Gasteiger partial charge is 0.472 e. The van der Waals surface area contributed by atoms with E-state index in [0.29, 0.717) is 25.7 Å². The van der Waals surface area contributed by atoms with E-state index in [-0.39, 0.29) is 25.7 Å². The number of unbranched alkanes of at least 4 members (excludes halogenated alkanes) is 48. The van der Waals surface area contributed by atoms with E-state index in [0.717, 1.165) is 103 Å². The standard InChI is InChI=1S/C73H142O17P2/c1-5-9-13-17-21-24-26-28-30-32-34-36-38-40-43-46-50-54-58-71(76)84-64-69(90-73(78)60-56-52-48-44-41-39-37-35-33-31-29-27-25-22-18-14-10-6-2)66-88-92(81,82)86-62-67(74)61-85-91(79,80)87-65-68(63-83-70(75)57-53-49-45-20-16-12-8-4)89-72(77)59-55-51-47-42-23-19-15-11-7-3/h67-69,74H,5-66H2,1-4H3,(H,79,80)(H,81,82)/t67-,68+,69+/m0/s1. The smallest absolute Gasteiger partial charge is 0.462 e. The summed E-state index contributed by atoms with van der Waals surface area (Å²) in [6.45, 7) is 4.91. The number of ether oxygens (including phenoxy) is 4. The van der Waals surface area contributed by atoms with Crippen LogP contribution < -0.4 is 0 Å². The highest BCUT2D eigenvalue weighted by molar-refractivity contribution is 7.47. The second-order valence-corrected chi connectivity index (χ2v) is 29.2. The van der Waals surface area contributed by atoms with Gasteiger partial charge < -0.3 is 33.8 Å². The molecule has 0 aromatic heterocycles. The highest BCUT2D eigenvalue weighted by atomic mass is 31.2. The quantitative estimate of drug-likeness (QED) is 0.0222. The van der Waals surface area contributed by atoms with Gasteiger partial charge >= 0.3 is 39.5 Å². The van der Waals surface area contributed by atoms with E-state index in [2.05, 4.69) is 27.7 Å². The van der Waals surface area contributed by atoms with Gasteiger partial charge in [-0.2, -0.15) is 0 Å². The van der Waals surface area contributed by atoms with Crippen LogP contribution in [0.25, 0.3) is 0 Å². The predicted octanol–water partition coefficient (Wildman–Crippen LogP) is 21.4. The molecule has 0 amide bonds. The van der Waals surface area contributed by atoms with Crippen LogP contribution in [0.4, 0.5) is 0 Å². The number of esters is 4. The average molecular weight is 1350 g/mol. The second kappa shape index (κ2) is 67.6. The molecule has 2 unspecified atom stereocenters.